The number of hydrazine groups is 1. The summed E-state index contributed by atoms with van der Waals surface area (Å²) >= 11 is 3.32. The number of nitrogens with one attached hydrogen (secondary N) is 3. The van der Waals surface area contributed by atoms with Gasteiger partial charge in [0.25, 0.3) is 0 Å². The van der Waals surface area contributed by atoms with Gasteiger partial charge in [-0.1, -0.05) is 15.9 Å². The normalized spacial score (nSPS) is 10.5. The van der Waals surface area contributed by atoms with E-state index in [4.69, 9.17) is 9.94 Å². The first-order valence-corrected chi connectivity index (χ1v) is 7.97. The molecule has 0 fully saturated rings. The molecule has 0 aliphatic heterocycles. The summed E-state index contributed by atoms with van der Waals surface area (Å²) in [6.45, 7) is 0. The van der Waals surface area contributed by atoms with Gasteiger partial charge in [-0.2, -0.15) is 0 Å². The molecule has 0 bridgehead atoms. The number of methoxy groups -OCH3 is 1. The lowest BCUT2D eigenvalue weighted by atomic mass is 10.2. The van der Waals surface area contributed by atoms with Crippen molar-refractivity contribution in [3.8, 4) is 11.5 Å². The molecule has 8 nitrogen and oxygen atoms in total. The summed E-state index contributed by atoms with van der Waals surface area (Å²) in [6, 6.07) is 3.16. The van der Waals surface area contributed by atoms with Crippen molar-refractivity contribution in [2.24, 2.45) is 0 Å². The number of phenolic OH excluding ortho intramolecular Hbond substituents is 1. The second-order valence-corrected chi connectivity index (χ2v) is 5.67. The van der Waals surface area contributed by atoms with Gasteiger partial charge in [0.1, 0.15) is 0 Å². The van der Waals surface area contributed by atoms with Crippen molar-refractivity contribution in [2.75, 3.05) is 7.11 Å². The SMILES string of the molecule is COc1cc(/C=C/NNC(=O)CCCCC(=O)NO)c(Br)cc1O. The molecule has 0 radical (unpaired) electrons. The topological polar surface area (TPSA) is 120 Å². The molecular weight excluding hydrogens is 382 g/mol. The first kappa shape index (κ1) is 19.8. The average Bonchev–Trinajstić information content (AvgIpc) is 2.56. The van der Waals surface area contributed by atoms with Gasteiger partial charge in [-0.3, -0.25) is 20.2 Å². The smallest absolute Gasteiger partial charge is 0.243 e. The van der Waals surface area contributed by atoms with Crippen LogP contribution in [-0.2, 0) is 9.59 Å². The fraction of sp³-hybridized carbons (Fsp3) is 0.333. The van der Waals surface area contributed by atoms with E-state index in [9.17, 15) is 14.7 Å². The Kier molecular flexibility index (Phi) is 8.66. The highest BCUT2D eigenvalue weighted by Gasteiger charge is 2.06. The van der Waals surface area contributed by atoms with Crippen molar-refractivity contribution >= 4 is 33.8 Å². The summed E-state index contributed by atoms with van der Waals surface area (Å²) in [4.78, 5) is 22.3. The molecule has 1 aromatic carbocycles. The molecule has 0 aliphatic rings. The number of amides is 2. The lowest BCUT2D eigenvalue weighted by Gasteiger charge is -2.07. The van der Waals surface area contributed by atoms with E-state index >= 15 is 0 Å². The van der Waals surface area contributed by atoms with E-state index in [2.05, 4.69) is 26.8 Å². The van der Waals surface area contributed by atoms with Gasteiger partial charge in [0, 0.05) is 23.5 Å². The van der Waals surface area contributed by atoms with Crippen LogP contribution in [-0.4, -0.2) is 29.2 Å². The number of hydroxylamine groups is 1. The van der Waals surface area contributed by atoms with Gasteiger partial charge >= 0.3 is 0 Å². The third-order valence-electron chi connectivity index (χ3n) is 3.04. The highest BCUT2D eigenvalue weighted by atomic mass is 79.9. The molecule has 0 saturated carbocycles. The van der Waals surface area contributed by atoms with Gasteiger partial charge in [0.05, 0.1) is 7.11 Å². The maximum Gasteiger partial charge on any atom is 0.243 e. The molecule has 0 saturated heterocycles. The summed E-state index contributed by atoms with van der Waals surface area (Å²) in [5.41, 5.74) is 7.43. The number of phenols is 1. The minimum Gasteiger partial charge on any atom is -0.504 e. The van der Waals surface area contributed by atoms with E-state index in [1.54, 1.807) is 12.1 Å². The number of aromatic hydroxyl groups is 1. The molecule has 24 heavy (non-hydrogen) atoms. The fourth-order valence-electron chi connectivity index (χ4n) is 1.79. The Balaban J connectivity index is 2.35. The van der Waals surface area contributed by atoms with Gasteiger partial charge in [0.2, 0.25) is 11.8 Å². The van der Waals surface area contributed by atoms with E-state index in [1.807, 2.05) is 0 Å². The molecule has 5 N–H and O–H groups in total. The van der Waals surface area contributed by atoms with Crippen LogP contribution >= 0.6 is 15.9 Å². The Bertz CT molecular complexity index is 607. The van der Waals surface area contributed by atoms with Gasteiger partial charge in [0.15, 0.2) is 11.5 Å². The Morgan fingerprint density at radius 1 is 1.25 bits per heavy atom. The van der Waals surface area contributed by atoms with Crippen LogP contribution in [0.1, 0.15) is 31.2 Å². The number of hydrogen-bond acceptors (Lipinski definition) is 6. The van der Waals surface area contributed by atoms with Crippen molar-refractivity contribution < 1.29 is 24.6 Å². The maximum absolute atomic E-state index is 11.6. The Hall–Kier alpha value is -2.26. The lowest BCUT2D eigenvalue weighted by Crippen LogP contribution is -2.33. The second kappa shape index (κ2) is 10.5. The first-order valence-electron chi connectivity index (χ1n) is 7.18. The van der Waals surface area contributed by atoms with Gasteiger partial charge in [-0.25, -0.2) is 5.48 Å². The Labute approximate surface area is 147 Å². The zero-order chi connectivity index (χ0) is 17.9. The number of carbonyl (C=O) groups excluding carboxylic acids is 2. The van der Waals surface area contributed by atoms with Crippen molar-refractivity contribution in [1.29, 1.82) is 0 Å². The molecular formula is C15H20BrN3O5. The number of hydrogen-bond donors (Lipinski definition) is 5. The second-order valence-electron chi connectivity index (χ2n) is 4.81. The van der Waals surface area contributed by atoms with Gasteiger partial charge in [-0.15, -0.1) is 0 Å². The van der Waals surface area contributed by atoms with Crippen LogP contribution in [0.4, 0.5) is 0 Å². The fourth-order valence-corrected chi connectivity index (χ4v) is 2.26. The van der Waals surface area contributed by atoms with E-state index in [0.29, 0.717) is 23.1 Å². The van der Waals surface area contributed by atoms with E-state index < -0.39 is 5.91 Å². The van der Waals surface area contributed by atoms with E-state index in [0.717, 1.165) is 5.56 Å². The van der Waals surface area contributed by atoms with Crippen molar-refractivity contribution in [1.82, 2.24) is 16.3 Å². The quantitative estimate of drug-likeness (QED) is 0.244. The molecule has 1 aromatic rings. The molecule has 0 atom stereocenters. The number of halogens is 1. The molecule has 9 heteroatoms. The molecule has 2 amide bonds. The standard InChI is InChI=1S/C15H20BrN3O5/c1-24-13-8-10(11(16)9-12(13)20)6-7-17-18-14(21)4-2-3-5-15(22)19-23/h6-9,17,20,23H,2-5H2,1H3,(H,18,21)(H,19,22)/b7-6+. The van der Waals surface area contributed by atoms with Crippen LogP contribution in [0.25, 0.3) is 6.08 Å². The van der Waals surface area contributed by atoms with E-state index in [-0.39, 0.29) is 24.5 Å². The number of rotatable bonds is 9. The zero-order valence-corrected chi connectivity index (χ0v) is 14.7. The molecule has 0 spiro atoms. The third kappa shape index (κ3) is 6.88. The van der Waals surface area contributed by atoms with Crippen LogP contribution in [0, 0.1) is 0 Å². The first-order chi connectivity index (χ1) is 11.5. The summed E-state index contributed by atoms with van der Waals surface area (Å²) in [5, 5.41) is 17.9. The van der Waals surface area contributed by atoms with Crippen LogP contribution in [0.15, 0.2) is 22.8 Å². The molecule has 0 heterocycles. The minimum absolute atomic E-state index is 0.0256. The summed E-state index contributed by atoms with van der Waals surface area (Å²) in [7, 11) is 1.46. The largest absolute Gasteiger partial charge is 0.504 e. The van der Waals surface area contributed by atoms with Crippen LogP contribution in [0.2, 0.25) is 0 Å². The number of unbranched alkanes of at least 4 members (excludes halogenated alkanes) is 1. The monoisotopic (exact) mass is 401 g/mol. The van der Waals surface area contributed by atoms with Crippen LogP contribution < -0.4 is 21.1 Å². The van der Waals surface area contributed by atoms with Crippen LogP contribution in [0.5, 0.6) is 11.5 Å². The van der Waals surface area contributed by atoms with E-state index in [1.165, 1.54) is 24.9 Å². The highest BCUT2D eigenvalue weighted by Crippen LogP contribution is 2.32. The van der Waals surface area contributed by atoms with Crippen molar-refractivity contribution in [3.63, 3.8) is 0 Å². The minimum atomic E-state index is -0.466. The summed E-state index contributed by atoms with van der Waals surface area (Å²) in [5.74, 6) is -0.316. The average molecular weight is 402 g/mol. The highest BCUT2D eigenvalue weighted by molar-refractivity contribution is 9.10. The van der Waals surface area contributed by atoms with Gasteiger partial charge in [-0.05, 0) is 36.6 Å². The zero-order valence-electron chi connectivity index (χ0n) is 13.1. The van der Waals surface area contributed by atoms with Gasteiger partial charge < -0.3 is 15.3 Å². The van der Waals surface area contributed by atoms with Crippen LogP contribution in [0.3, 0.4) is 0 Å². The molecule has 0 aromatic heterocycles. The molecule has 132 valence electrons. The Morgan fingerprint density at radius 2 is 1.92 bits per heavy atom. The molecule has 0 aliphatic carbocycles. The summed E-state index contributed by atoms with van der Waals surface area (Å²) in [6.07, 6.45) is 4.71. The molecule has 0 unspecified atom stereocenters. The predicted octanol–water partition coefficient (Wildman–Crippen LogP) is 1.82. The number of carbonyl (C=O) groups is 2. The number of benzene rings is 1. The van der Waals surface area contributed by atoms with Crippen molar-refractivity contribution in [2.45, 2.75) is 25.7 Å². The number of ether oxygens (including phenoxy) is 1. The molecule has 1 rings (SSSR count). The lowest BCUT2D eigenvalue weighted by molar-refractivity contribution is -0.129. The maximum atomic E-state index is 11.6. The predicted molar refractivity (Wildman–Crippen MR) is 91.1 cm³/mol. The van der Waals surface area contributed by atoms with Crippen molar-refractivity contribution in [3.05, 3.63) is 28.4 Å². The summed E-state index contributed by atoms with van der Waals surface area (Å²) < 4.78 is 5.70. The Morgan fingerprint density at radius 3 is 2.54 bits per heavy atom. The third-order valence-corrected chi connectivity index (χ3v) is 3.73.